The molecule has 4 rings (SSSR count). The van der Waals surface area contributed by atoms with Crippen molar-refractivity contribution in [3.05, 3.63) is 71.8 Å². The number of nitrogens with zero attached hydrogens (tertiary/aromatic N) is 1. The lowest BCUT2D eigenvalue weighted by Gasteiger charge is -2.28. The van der Waals surface area contributed by atoms with Crippen LogP contribution in [0.4, 0.5) is 5.82 Å². The first-order valence-corrected chi connectivity index (χ1v) is 9.67. The Balaban J connectivity index is 1.64. The molecule has 0 spiro atoms. The summed E-state index contributed by atoms with van der Waals surface area (Å²) in [6.07, 6.45) is 5.56. The second-order valence-electron chi connectivity index (χ2n) is 7.30. The number of rotatable bonds is 5. The van der Waals surface area contributed by atoms with E-state index in [4.69, 9.17) is 4.98 Å². The van der Waals surface area contributed by atoms with Crippen LogP contribution in [-0.2, 0) is 6.54 Å². The van der Waals surface area contributed by atoms with Crippen LogP contribution in [0, 0.1) is 5.92 Å². The van der Waals surface area contributed by atoms with Gasteiger partial charge in [0.1, 0.15) is 5.82 Å². The van der Waals surface area contributed by atoms with Crippen molar-refractivity contribution in [3.63, 3.8) is 0 Å². The molecule has 0 radical (unpaired) electrons. The number of anilines is 1. The summed E-state index contributed by atoms with van der Waals surface area (Å²) in [5.41, 5.74) is 3.17. The summed E-state index contributed by atoms with van der Waals surface area (Å²) >= 11 is 0. The summed E-state index contributed by atoms with van der Waals surface area (Å²) in [5, 5.41) is 15.6. The van der Waals surface area contributed by atoms with Gasteiger partial charge in [-0.05, 0) is 42.0 Å². The SMILES string of the molecule is OC(c1cc(NCc2ccccc2)nc2ccccc12)C1CCCCC1. The van der Waals surface area contributed by atoms with Crippen LogP contribution in [0.25, 0.3) is 10.9 Å². The van der Waals surface area contributed by atoms with Crippen LogP contribution >= 0.6 is 0 Å². The highest BCUT2D eigenvalue weighted by Crippen LogP contribution is 2.37. The quantitative estimate of drug-likeness (QED) is 0.645. The molecule has 3 nitrogen and oxygen atoms in total. The molecule has 1 aliphatic rings. The van der Waals surface area contributed by atoms with Gasteiger partial charge >= 0.3 is 0 Å². The highest BCUT2D eigenvalue weighted by Gasteiger charge is 2.25. The van der Waals surface area contributed by atoms with E-state index >= 15 is 0 Å². The number of nitrogens with one attached hydrogen (secondary N) is 1. The fourth-order valence-corrected chi connectivity index (χ4v) is 4.03. The van der Waals surface area contributed by atoms with Crippen LogP contribution in [0.15, 0.2) is 60.7 Å². The Bertz CT molecular complexity index is 856. The Kier molecular flexibility index (Phi) is 5.16. The maximum Gasteiger partial charge on any atom is 0.127 e. The molecule has 0 aliphatic heterocycles. The molecule has 3 heteroatoms. The Morgan fingerprint density at radius 1 is 0.962 bits per heavy atom. The second-order valence-corrected chi connectivity index (χ2v) is 7.30. The number of hydrogen-bond donors (Lipinski definition) is 2. The molecule has 1 heterocycles. The van der Waals surface area contributed by atoms with Crippen molar-refractivity contribution in [1.29, 1.82) is 0 Å². The molecule has 3 aromatic rings. The predicted octanol–water partition coefficient (Wildman–Crippen LogP) is 5.46. The van der Waals surface area contributed by atoms with Gasteiger partial charge in [0.2, 0.25) is 0 Å². The zero-order chi connectivity index (χ0) is 17.8. The number of hydrogen-bond acceptors (Lipinski definition) is 3. The summed E-state index contributed by atoms with van der Waals surface area (Å²) in [7, 11) is 0. The minimum atomic E-state index is -0.416. The molecule has 2 N–H and O–H groups in total. The first kappa shape index (κ1) is 17.0. The number of aliphatic hydroxyl groups excluding tert-OH is 1. The largest absolute Gasteiger partial charge is 0.388 e. The van der Waals surface area contributed by atoms with Crippen LogP contribution in [0.2, 0.25) is 0 Å². The van der Waals surface area contributed by atoms with E-state index in [1.807, 2.05) is 42.5 Å². The van der Waals surface area contributed by atoms with Crippen LogP contribution in [-0.4, -0.2) is 10.1 Å². The third kappa shape index (κ3) is 3.73. The molecule has 1 aromatic heterocycles. The van der Waals surface area contributed by atoms with Gasteiger partial charge in [0, 0.05) is 11.9 Å². The molecule has 134 valence electrons. The predicted molar refractivity (Wildman–Crippen MR) is 107 cm³/mol. The first-order valence-electron chi connectivity index (χ1n) is 9.67. The van der Waals surface area contributed by atoms with Crippen molar-refractivity contribution in [3.8, 4) is 0 Å². The van der Waals surface area contributed by atoms with Crippen LogP contribution in [0.5, 0.6) is 0 Å². The third-order valence-corrected chi connectivity index (χ3v) is 5.48. The van der Waals surface area contributed by atoms with Crippen molar-refractivity contribution in [2.45, 2.75) is 44.8 Å². The van der Waals surface area contributed by atoms with Crippen molar-refractivity contribution < 1.29 is 5.11 Å². The molecule has 2 aromatic carbocycles. The summed E-state index contributed by atoms with van der Waals surface area (Å²) in [4.78, 5) is 4.76. The van der Waals surface area contributed by atoms with E-state index in [0.717, 1.165) is 41.7 Å². The van der Waals surface area contributed by atoms with E-state index in [-0.39, 0.29) is 0 Å². The molecule has 1 saturated carbocycles. The zero-order valence-corrected chi connectivity index (χ0v) is 15.1. The lowest BCUT2D eigenvalue weighted by Crippen LogP contribution is -2.17. The molecule has 0 amide bonds. The highest BCUT2D eigenvalue weighted by atomic mass is 16.3. The number of aliphatic hydroxyl groups is 1. The monoisotopic (exact) mass is 346 g/mol. The molecule has 26 heavy (non-hydrogen) atoms. The van der Waals surface area contributed by atoms with Gasteiger partial charge in [-0.3, -0.25) is 0 Å². The molecule has 0 saturated heterocycles. The summed E-state index contributed by atoms with van der Waals surface area (Å²) < 4.78 is 0. The molecular weight excluding hydrogens is 320 g/mol. The maximum atomic E-state index is 11.1. The van der Waals surface area contributed by atoms with Crippen LogP contribution < -0.4 is 5.32 Å². The molecule has 1 aliphatic carbocycles. The van der Waals surface area contributed by atoms with Crippen molar-refractivity contribution in [2.24, 2.45) is 5.92 Å². The molecule has 1 atom stereocenters. The van der Waals surface area contributed by atoms with E-state index in [1.54, 1.807) is 0 Å². The highest BCUT2D eigenvalue weighted by molar-refractivity contribution is 5.84. The van der Waals surface area contributed by atoms with Gasteiger partial charge in [-0.25, -0.2) is 4.98 Å². The Morgan fingerprint density at radius 2 is 1.69 bits per heavy atom. The summed E-state index contributed by atoms with van der Waals surface area (Å²) in [6.45, 7) is 0.727. The normalized spacial score (nSPS) is 16.5. The minimum Gasteiger partial charge on any atom is -0.388 e. The average Bonchev–Trinajstić information content (AvgIpc) is 2.72. The van der Waals surface area contributed by atoms with Gasteiger partial charge in [0.15, 0.2) is 0 Å². The van der Waals surface area contributed by atoms with Gasteiger partial charge in [0.05, 0.1) is 11.6 Å². The third-order valence-electron chi connectivity index (χ3n) is 5.48. The van der Waals surface area contributed by atoms with Crippen molar-refractivity contribution >= 4 is 16.7 Å². The van der Waals surface area contributed by atoms with Gasteiger partial charge in [-0.1, -0.05) is 67.8 Å². The van der Waals surface area contributed by atoms with E-state index in [1.165, 1.54) is 24.8 Å². The Hall–Kier alpha value is -2.39. The van der Waals surface area contributed by atoms with E-state index in [0.29, 0.717) is 5.92 Å². The number of fused-ring (bicyclic) bond motifs is 1. The van der Waals surface area contributed by atoms with Crippen molar-refractivity contribution in [1.82, 2.24) is 4.98 Å². The van der Waals surface area contributed by atoms with Gasteiger partial charge in [-0.15, -0.1) is 0 Å². The average molecular weight is 346 g/mol. The van der Waals surface area contributed by atoms with Crippen molar-refractivity contribution in [2.75, 3.05) is 5.32 Å². The molecule has 1 fully saturated rings. The zero-order valence-electron chi connectivity index (χ0n) is 15.1. The Morgan fingerprint density at radius 3 is 2.50 bits per heavy atom. The van der Waals surface area contributed by atoms with Gasteiger partial charge < -0.3 is 10.4 Å². The van der Waals surface area contributed by atoms with Gasteiger partial charge in [0.25, 0.3) is 0 Å². The summed E-state index contributed by atoms with van der Waals surface area (Å²) in [5.74, 6) is 1.19. The number of aromatic nitrogens is 1. The molecule has 0 bridgehead atoms. The van der Waals surface area contributed by atoms with E-state index in [2.05, 4.69) is 23.5 Å². The number of benzene rings is 2. The standard InChI is InChI=1S/C23H26N2O/c26-23(18-11-5-2-6-12-18)20-15-22(24-16-17-9-3-1-4-10-17)25-21-14-8-7-13-19(20)21/h1,3-4,7-10,13-15,18,23,26H,2,5-6,11-12,16H2,(H,24,25). The van der Waals surface area contributed by atoms with E-state index < -0.39 is 6.10 Å². The number of para-hydroxylation sites is 1. The van der Waals surface area contributed by atoms with Gasteiger partial charge in [-0.2, -0.15) is 0 Å². The summed E-state index contributed by atoms with van der Waals surface area (Å²) in [6, 6.07) is 20.5. The fourth-order valence-electron chi connectivity index (χ4n) is 4.03. The number of pyridine rings is 1. The smallest absolute Gasteiger partial charge is 0.127 e. The fraction of sp³-hybridized carbons (Fsp3) is 0.348. The maximum absolute atomic E-state index is 11.1. The van der Waals surface area contributed by atoms with Crippen LogP contribution in [0.3, 0.4) is 0 Å². The first-order chi connectivity index (χ1) is 12.8. The minimum absolute atomic E-state index is 0.358. The lowest BCUT2D eigenvalue weighted by molar-refractivity contribution is 0.0861. The van der Waals surface area contributed by atoms with E-state index in [9.17, 15) is 5.11 Å². The lowest BCUT2D eigenvalue weighted by atomic mass is 9.82. The van der Waals surface area contributed by atoms with Crippen LogP contribution in [0.1, 0.15) is 49.3 Å². The molecule has 1 unspecified atom stereocenters. The second kappa shape index (κ2) is 7.88. The topological polar surface area (TPSA) is 45.1 Å². The Labute approximate surface area is 155 Å². The molecular formula is C23H26N2O.